The zero-order valence-electron chi connectivity index (χ0n) is 10.5. The molecule has 4 rings (SSSR count). The summed E-state index contributed by atoms with van der Waals surface area (Å²) >= 11 is 1.67. The van der Waals surface area contributed by atoms with Gasteiger partial charge in [-0.25, -0.2) is 9.97 Å². The first-order valence-corrected chi connectivity index (χ1v) is 7.26. The quantitative estimate of drug-likeness (QED) is 0.743. The zero-order chi connectivity index (χ0) is 13.7. The molecule has 3 aromatic rings. The average Bonchev–Trinajstić information content (AvgIpc) is 3.12. The van der Waals surface area contributed by atoms with Crippen molar-refractivity contribution in [2.75, 3.05) is 6.61 Å². The summed E-state index contributed by atoms with van der Waals surface area (Å²) in [5, 5.41) is 11.6. The van der Waals surface area contributed by atoms with Crippen molar-refractivity contribution in [1.29, 1.82) is 0 Å². The minimum atomic E-state index is -0.226. The fourth-order valence-electron chi connectivity index (χ4n) is 2.95. The van der Waals surface area contributed by atoms with Crippen molar-refractivity contribution >= 4 is 22.5 Å². The van der Waals surface area contributed by atoms with Crippen LogP contribution in [0.1, 0.15) is 28.8 Å². The van der Waals surface area contributed by atoms with Crippen LogP contribution in [-0.4, -0.2) is 31.2 Å². The molecule has 2 N–H and O–H groups in total. The summed E-state index contributed by atoms with van der Waals surface area (Å²) in [5.74, 6) is 0.162. The van der Waals surface area contributed by atoms with Crippen LogP contribution >= 0.6 is 11.3 Å². The van der Waals surface area contributed by atoms with Crippen LogP contribution in [0.15, 0.2) is 28.9 Å². The van der Waals surface area contributed by atoms with Gasteiger partial charge in [-0.15, -0.1) is 11.3 Å². The Morgan fingerprint density at radius 1 is 1.50 bits per heavy atom. The minimum Gasteiger partial charge on any atom is -0.396 e. The Kier molecular flexibility index (Phi) is 2.51. The number of aromatic amines is 1. The highest BCUT2D eigenvalue weighted by atomic mass is 32.1. The standard InChI is InChI=1S/C13H12N4O2S/c18-4-7-3-9(8-1-2-20-11(7)8)17-6-16-10-12(17)14-5-15-13(10)19/h1-2,5-7,9,18H,3-4H2,(H,14,15,19)/t7-,9+/m1/s1. The Morgan fingerprint density at radius 2 is 2.40 bits per heavy atom. The summed E-state index contributed by atoms with van der Waals surface area (Å²) in [7, 11) is 0. The van der Waals surface area contributed by atoms with Gasteiger partial charge in [0.1, 0.15) is 0 Å². The van der Waals surface area contributed by atoms with E-state index in [-0.39, 0.29) is 24.1 Å². The molecule has 0 saturated heterocycles. The van der Waals surface area contributed by atoms with Crippen molar-refractivity contribution < 1.29 is 5.11 Å². The van der Waals surface area contributed by atoms with Gasteiger partial charge in [-0.05, 0) is 23.4 Å². The van der Waals surface area contributed by atoms with Gasteiger partial charge in [0.05, 0.1) is 25.3 Å². The largest absolute Gasteiger partial charge is 0.396 e. The van der Waals surface area contributed by atoms with Gasteiger partial charge in [0.15, 0.2) is 11.2 Å². The SMILES string of the molecule is O=c1[nH]cnc2c1ncn2[C@H]1C[C@H](CO)c2sccc21. The number of aliphatic hydroxyl groups is 1. The van der Waals surface area contributed by atoms with Crippen LogP contribution in [0.25, 0.3) is 11.2 Å². The van der Waals surface area contributed by atoms with Crippen LogP contribution in [0.3, 0.4) is 0 Å². The number of hydrogen-bond donors (Lipinski definition) is 2. The van der Waals surface area contributed by atoms with Crippen molar-refractivity contribution in [2.24, 2.45) is 0 Å². The Hall–Kier alpha value is -1.99. The third-order valence-corrected chi connectivity index (χ3v) is 4.98. The molecule has 7 heteroatoms. The lowest BCUT2D eigenvalue weighted by Crippen LogP contribution is -2.11. The molecule has 20 heavy (non-hydrogen) atoms. The first-order valence-electron chi connectivity index (χ1n) is 6.38. The molecule has 0 spiro atoms. The number of hydrogen-bond acceptors (Lipinski definition) is 5. The van der Waals surface area contributed by atoms with Crippen LogP contribution in [-0.2, 0) is 0 Å². The number of nitrogens with one attached hydrogen (secondary N) is 1. The molecular formula is C13H12N4O2S. The molecule has 2 atom stereocenters. The summed E-state index contributed by atoms with van der Waals surface area (Å²) in [6.07, 6.45) is 3.88. The number of rotatable bonds is 2. The average molecular weight is 288 g/mol. The molecule has 1 aliphatic carbocycles. The Balaban J connectivity index is 1.90. The predicted molar refractivity (Wildman–Crippen MR) is 75.1 cm³/mol. The van der Waals surface area contributed by atoms with Gasteiger partial charge in [-0.1, -0.05) is 0 Å². The van der Waals surface area contributed by atoms with E-state index in [1.54, 1.807) is 17.7 Å². The lowest BCUT2D eigenvalue weighted by Gasteiger charge is -2.13. The Labute approximate surface area is 117 Å². The molecule has 0 saturated carbocycles. The smallest absolute Gasteiger partial charge is 0.278 e. The first kappa shape index (κ1) is 11.8. The number of imidazole rings is 1. The van der Waals surface area contributed by atoms with Crippen molar-refractivity contribution in [3.05, 3.63) is 44.9 Å². The highest BCUT2D eigenvalue weighted by Gasteiger charge is 2.33. The summed E-state index contributed by atoms with van der Waals surface area (Å²) in [6, 6.07) is 2.17. The maximum absolute atomic E-state index is 11.7. The van der Waals surface area contributed by atoms with Gasteiger partial charge in [0, 0.05) is 10.8 Å². The van der Waals surface area contributed by atoms with E-state index in [1.165, 1.54) is 16.8 Å². The molecule has 102 valence electrons. The molecule has 0 bridgehead atoms. The topological polar surface area (TPSA) is 83.8 Å². The lowest BCUT2D eigenvalue weighted by molar-refractivity contribution is 0.260. The van der Waals surface area contributed by atoms with Crippen LogP contribution in [0, 0.1) is 0 Å². The second-order valence-electron chi connectivity index (χ2n) is 4.93. The van der Waals surface area contributed by atoms with Crippen LogP contribution in [0.2, 0.25) is 0 Å². The molecule has 6 nitrogen and oxygen atoms in total. The van der Waals surface area contributed by atoms with Gasteiger partial charge in [0.2, 0.25) is 0 Å². The normalized spacial score (nSPS) is 21.4. The maximum Gasteiger partial charge on any atom is 0.278 e. The van der Waals surface area contributed by atoms with Gasteiger partial charge < -0.3 is 14.7 Å². The Morgan fingerprint density at radius 3 is 3.25 bits per heavy atom. The molecular weight excluding hydrogens is 276 g/mol. The lowest BCUT2D eigenvalue weighted by atomic mass is 10.1. The minimum absolute atomic E-state index is 0.0905. The summed E-state index contributed by atoms with van der Waals surface area (Å²) < 4.78 is 1.94. The van der Waals surface area contributed by atoms with Crippen molar-refractivity contribution in [2.45, 2.75) is 18.4 Å². The predicted octanol–water partition coefficient (Wildman–Crippen LogP) is 1.25. The number of fused-ring (bicyclic) bond motifs is 2. The first-order chi connectivity index (χ1) is 9.79. The van der Waals surface area contributed by atoms with Crippen molar-refractivity contribution in [3.8, 4) is 0 Å². The van der Waals surface area contributed by atoms with E-state index in [0.29, 0.717) is 11.2 Å². The second-order valence-corrected chi connectivity index (χ2v) is 5.87. The molecule has 0 amide bonds. The summed E-state index contributed by atoms with van der Waals surface area (Å²) in [4.78, 5) is 23.9. The molecule has 0 radical (unpaired) electrons. The molecule has 3 heterocycles. The zero-order valence-corrected chi connectivity index (χ0v) is 11.3. The van der Waals surface area contributed by atoms with E-state index in [0.717, 1.165) is 6.42 Å². The van der Waals surface area contributed by atoms with Crippen molar-refractivity contribution in [3.63, 3.8) is 0 Å². The van der Waals surface area contributed by atoms with Crippen LogP contribution in [0.5, 0.6) is 0 Å². The monoisotopic (exact) mass is 288 g/mol. The number of H-pyrrole nitrogens is 1. The summed E-state index contributed by atoms with van der Waals surface area (Å²) in [5.41, 5.74) is 1.93. The number of nitrogens with zero attached hydrogens (tertiary/aromatic N) is 3. The molecule has 0 fully saturated rings. The van der Waals surface area contributed by atoms with E-state index in [9.17, 15) is 9.90 Å². The molecule has 1 aliphatic rings. The third-order valence-electron chi connectivity index (χ3n) is 3.89. The van der Waals surface area contributed by atoms with E-state index in [4.69, 9.17) is 0 Å². The number of aromatic nitrogens is 4. The fourth-order valence-corrected chi connectivity index (χ4v) is 4.02. The van der Waals surface area contributed by atoms with Crippen LogP contribution in [0.4, 0.5) is 0 Å². The van der Waals surface area contributed by atoms with Gasteiger partial charge in [-0.3, -0.25) is 4.79 Å². The van der Waals surface area contributed by atoms with Gasteiger partial charge >= 0.3 is 0 Å². The third kappa shape index (κ3) is 1.50. The van der Waals surface area contributed by atoms with E-state index in [2.05, 4.69) is 21.0 Å². The van der Waals surface area contributed by atoms with E-state index < -0.39 is 0 Å². The van der Waals surface area contributed by atoms with Gasteiger partial charge in [0.25, 0.3) is 5.56 Å². The highest BCUT2D eigenvalue weighted by Crippen LogP contribution is 2.45. The summed E-state index contributed by atoms with van der Waals surface area (Å²) in [6.45, 7) is 0.144. The van der Waals surface area contributed by atoms with E-state index in [1.807, 2.05) is 9.95 Å². The maximum atomic E-state index is 11.7. The number of aliphatic hydroxyl groups excluding tert-OH is 1. The molecule has 0 aromatic carbocycles. The highest BCUT2D eigenvalue weighted by molar-refractivity contribution is 7.10. The van der Waals surface area contributed by atoms with Crippen LogP contribution < -0.4 is 5.56 Å². The molecule has 0 unspecified atom stereocenters. The Bertz CT molecular complexity index is 834. The molecule has 3 aromatic heterocycles. The molecule has 0 aliphatic heterocycles. The van der Waals surface area contributed by atoms with E-state index >= 15 is 0 Å². The van der Waals surface area contributed by atoms with Crippen molar-refractivity contribution in [1.82, 2.24) is 19.5 Å². The second kappa shape index (κ2) is 4.26. The number of thiophene rings is 1. The fraction of sp³-hybridized carbons (Fsp3) is 0.308. The van der Waals surface area contributed by atoms with Gasteiger partial charge in [-0.2, -0.15) is 0 Å².